The molecular weight excluding hydrogens is 295 g/mol. The lowest BCUT2D eigenvalue weighted by Gasteiger charge is -2.41. The van der Waals surface area contributed by atoms with Gasteiger partial charge in [-0.05, 0) is 37.5 Å². The Morgan fingerprint density at radius 1 is 1.04 bits per heavy atom. The van der Waals surface area contributed by atoms with Crippen LogP contribution >= 0.6 is 0 Å². The molecular formula is C18H20FN2O2+. The summed E-state index contributed by atoms with van der Waals surface area (Å²) in [7, 11) is 0. The van der Waals surface area contributed by atoms with Crippen molar-refractivity contribution in [2.45, 2.75) is 25.8 Å². The Kier molecular flexibility index (Phi) is 4.39. The predicted octanol–water partition coefficient (Wildman–Crippen LogP) is 4.43. The molecule has 2 aromatic carbocycles. The molecule has 0 saturated carbocycles. The molecule has 0 atom stereocenters. The van der Waals surface area contributed by atoms with Crippen LogP contribution in [-0.2, 0) is 6.54 Å². The molecule has 3 rings (SSSR count). The third-order valence-corrected chi connectivity index (χ3v) is 4.69. The number of para-hydroxylation sites is 1. The molecule has 1 saturated heterocycles. The monoisotopic (exact) mass is 315 g/mol. The van der Waals surface area contributed by atoms with E-state index in [9.17, 15) is 14.5 Å². The van der Waals surface area contributed by atoms with E-state index >= 15 is 0 Å². The maximum Gasteiger partial charge on any atom is 0.270 e. The van der Waals surface area contributed by atoms with Crippen molar-refractivity contribution in [3.8, 4) is 0 Å². The van der Waals surface area contributed by atoms with Gasteiger partial charge in [-0.25, -0.2) is 4.39 Å². The Labute approximate surface area is 134 Å². The zero-order valence-corrected chi connectivity index (χ0v) is 13.0. The van der Waals surface area contributed by atoms with E-state index < -0.39 is 4.92 Å². The summed E-state index contributed by atoms with van der Waals surface area (Å²) in [5, 5.41) is 11.0. The van der Waals surface area contributed by atoms with Gasteiger partial charge in [-0.1, -0.05) is 18.2 Å². The molecule has 1 heterocycles. The van der Waals surface area contributed by atoms with Gasteiger partial charge in [-0.3, -0.25) is 14.6 Å². The van der Waals surface area contributed by atoms with E-state index in [1.165, 1.54) is 24.6 Å². The number of rotatable bonds is 4. The summed E-state index contributed by atoms with van der Waals surface area (Å²) in [5.41, 5.74) is 1.52. The van der Waals surface area contributed by atoms with Crippen LogP contribution in [0.4, 0.5) is 15.8 Å². The molecule has 0 bridgehead atoms. The molecule has 1 aliphatic rings. The van der Waals surface area contributed by atoms with E-state index in [4.69, 9.17) is 0 Å². The minimum Gasteiger partial charge on any atom is -0.287 e. The van der Waals surface area contributed by atoms with Crippen molar-refractivity contribution < 1.29 is 9.31 Å². The maximum absolute atomic E-state index is 14.2. The molecule has 0 spiro atoms. The SMILES string of the molecule is O=[N+]([O-])c1ccc(F)c(C[N+]2(c3ccccc3)CCCCC2)c1. The van der Waals surface area contributed by atoms with Gasteiger partial charge in [-0.2, -0.15) is 0 Å². The molecule has 0 amide bonds. The number of likely N-dealkylation sites (tertiary alicyclic amines) is 1. The number of halogens is 1. The van der Waals surface area contributed by atoms with Gasteiger partial charge < -0.3 is 0 Å². The number of nitrogens with zero attached hydrogens (tertiary/aromatic N) is 2. The van der Waals surface area contributed by atoms with E-state index in [1.54, 1.807) is 0 Å². The zero-order valence-electron chi connectivity index (χ0n) is 13.0. The third-order valence-electron chi connectivity index (χ3n) is 4.69. The topological polar surface area (TPSA) is 43.1 Å². The zero-order chi connectivity index (χ0) is 16.3. The molecule has 0 aromatic heterocycles. The van der Waals surface area contributed by atoms with Crippen LogP contribution in [0.1, 0.15) is 24.8 Å². The highest BCUT2D eigenvalue weighted by atomic mass is 19.1. The number of hydrogen-bond acceptors (Lipinski definition) is 2. The summed E-state index contributed by atoms with van der Waals surface area (Å²) in [4.78, 5) is 10.5. The fourth-order valence-corrected chi connectivity index (χ4v) is 3.49. The first-order chi connectivity index (χ1) is 11.1. The molecule has 120 valence electrons. The quantitative estimate of drug-likeness (QED) is 0.476. The molecule has 23 heavy (non-hydrogen) atoms. The van der Waals surface area contributed by atoms with Gasteiger partial charge in [0, 0.05) is 17.7 Å². The summed E-state index contributed by atoms with van der Waals surface area (Å²) >= 11 is 0. The van der Waals surface area contributed by atoms with Crippen LogP contribution in [0.5, 0.6) is 0 Å². The predicted molar refractivity (Wildman–Crippen MR) is 88.6 cm³/mol. The average molecular weight is 315 g/mol. The Bertz CT molecular complexity index is 697. The second-order valence-electron chi connectivity index (χ2n) is 6.18. The second kappa shape index (κ2) is 6.46. The van der Waals surface area contributed by atoms with Gasteiger partial charge in [0.25, 0.3) is 5.69 Å². The van der Waals surface area contributed by atoms with Crippen LogP contribution in [0.2, 0.25) is 0 Å². The molecule has 0 aliphatic carbocycles. The number of non-ortho nitro benzene ring substituents is 1. The van der Waals surface area contributed by atoms with Crippen molar-refractivity contribution >= 4 is 11.4 Å². The highest BCUT2D eigenvalue weighted by Gasteiger charge is 2.34. The maximum atomic E-state index is 14.2. The minimum absolute atomic E-state index is 0.0513. The first-order valence-electron chi connectivity index (χ1n) is 7.95. The molecule has 2 aromatic rings. The van der Waals surface area contributed by atoms with Crippen LogP contribution in [0.3, 0.4) is 0 Å². The van der Waals surface area contributed by atoms with E-state index in [0.29, 0.717) is 16.6 Å². The molecule has 0 N–H and O–H groups in total. The Morgan fingerprint density at radius 2 is 1.74 bits per heavy atom. The van der Waals surface area contributed by atoms with Crippen molar-refractivity contribution in [2.75, 3.05) is 13.1 Å². The van der Waals surface area contributed by atoms with E-state index in [1.807, 2.05) is 18.2 Å². The van der Waals surface area contributed by atoms with Gasteiger partial charge in [0.15, 0.2) is 0 Å². The minimum atomic E-state index is -0.466. The summed E-state index contributed by atoms with van der Waals surface area (Å²) in [5.74, 6) is -0.366. The Balaban J connectivity index is 1.99. The number of hydrogen-bond donors (Lipinski definition) is 0. The molecule has 1 aliphatic heterocycles. The van der Waals surface area contributed by atoms with Gasteiger partial charge in [0.1, 0.15) is 18.0 Å². The van der Waals surface area contributed by atoms with E-state index in [-0.39, 0.29) is 11.5 Å². The largest absolute Gasteiger partial charge is 0.287 e. The normalized spacial score (nSPS) is 16.9. The van der Waals surface area contributed by atoms with Gasteiger partial charge >= 0.3 is 0 Å². The van der Waals surface area contributed by atoms with Gasteiger partial charge in [0.2, 0.25) is 0 Å². The molecule has 0 unspecified atom stereocenters. The highest BCUT2D eigenvalue weighted by Crippen LogP contribution is 2.32. The number of quaternary nitrogens is 1. The van der Waals surface area contributed by atoms with Crippen molar-refractivity contribution in [3.63, 3.8) is 0 Å². The lowest BCUT2D eigenvalue weighted by Crippen LogP contribution is -2.52. The molecule has 5 heteroatoms. The van der Waals surface area contributed by atoms with Crippen LogP contribution in [0.15, 0.2) is 48.5 Å². The molecule has 4 nitrogen and oxygen atoms in total. The fraction of sp³-hybridized carbons (Fsp3) is 0.333. The standard InChI is InChI=1S/C18H20FN2O2/c19-18-10-9-16(20(22)23)13-15(18)14-21(11-5-2-6-12-21)17-7-3-1-4-8-17/h1,3-4,7-10,13H,2,5-6,11-12,14H2/q+1. The van der Waals surface area contributed by atoms with E-state index in [0.717, 1.165) is 31.6 Å². The number of nitro benzene ring substituents is 1. The average Bonchev–Trinajstić information content (AvgIpc) is 2.58. The fourth-order valence-electron chi connectivity index (χ4n) is 3.49. The van der Waals surface area contributed by atoms with Gasteiger partial charge in [-0.15, -0.1) is 0 Å². The smallest absolute Gasteiger partial charge is 0.270 e. The lowest BCUT2D eigenvalue weighted by molar-refractivity contribution is -0.385. The lowest BCUT2D eigenvalue weighted by atomic mass is 10.0. The van der Waals surface area contributed by atoms with Crippen molar-refractivity contribution in [1.82, 2.24) is 4.48 Å². The van der Waals surface area contributed by atoms with Crippen LogP contribution in [-0.4, -0.2) is 18.0 Å². The summed E-state index contributed by atoms with van der Waals surface area (Å²) in [6, 6.07) is 13.9. The second-order valence-corrected chi connectivity index (χ2v) is 6.18. The van der Waals surface area contributed by atoms with Crippen molar-refractivity contribution in [2.24, 2.45) is 0 Å². The number of nitro groups is 1. The summed E-state index contributed by atoms with van der Waals surface area (Å²) < 4.78 is 14.9. The van der Waals surface area contributed by atoms with Crippen LogP contribution in [0, 0.1) is 15.9 Å². The van der Waals surface area contributed by atoms with Crippen molar-refractivity contribution in [3.05, 3.63) is 70.0 Å². The Hall–Kier alpha value is -2.27. The number of benzene rings is 2. The molecule has 0 radical (unpaired) electrons. The van der Waals surface area contributed by atoms with E-state index in [2.05, 4.69) is 12.1 Å². The summed E-state index contributed by atoms with van der Waals surface area (Å²) in [6.07, 6.45) is 3.36. The summed E-state index contributed by atoms with van der Waals surface area (Å²) in [6.45, 7) is 2.33. The molecule has 1 fully saturated rings. The highest BCUT2D eigenvalue weighted by molar-refractivity contribution is 5.45. The van der Waals surface area contributed by atoms with Crippen molar-refractivity contribution in [1.29, 1.82) is 0 Å². The Morgan fingerprint density at radius 3 is 2.39 bits per heavy atom. The number of piperidine rings is 1. The first-order valence-corrected chi connectivity index (χ1v) is 7.95. The van der Waals surface area contributed by atoms with Gasteiger partial charge in [0.05, 0.1) is 18.0 Å². The first kappa shape index (κ1) is 15.6. The van der Waals surface area contributed by atoms with Crippen LogP contribution < -0.4 is 4.48 Å². The third kappa shape index (κ3) is 3.24. The van der Waals surface area contributed by atoms with Crippen LogP contribution in [0.25, 0.3) is 0 Å².